The van der Waals surface area contributed by atoms with Gasteiger partial charge in [-0.05, 0) is 48.6 Å². The Morgan fingerprint density at radius 2 is 1.69 bits per heavy atom. The molecule has 29 heavy (non-hydrogen) atoms. The highest BCUT2D eigenvalue weighted by molar-refractivity contribution is 7.89. The van der Waals surface area contributed by atoms with Crippen molar-refractivity contribution < 1.29 is 18.1 Å². The van der Waals surface area contributed by atoms with E-state index in [1.807, 2.05) is 30.3 Å². The topological polar surface area (TPSA) is 70.9 Å². The number of hydrogen-bond donors (Lipinski definition) is 2. The summed E-state index contributed by atoms with van der Waals surface area (Å²) in [7, 11) is -2.02. The largest absolute Gasteiger partial charge is 0.327 e. The molecule has 1 saturated heterocycles. The number of piperidine rings is 1. The molecule has 0 aromatic heterocycles. The van der Waals surface area contributed by atoms with E-state index < -0.39 is 10.0 Å². The van der Waals surface area contributed by atoms with Gasteiger partial charge in [0.05, 0.1) is 18.0 Å². The zero-order valence-electron chi connectivity index (χ0n) is 17.1. The number of sulfonamides is 1. The number of likely N-dealkylation sites (tertiary alicyclic amines) is 1. The van der Waals surface area contributed by atoms with Gasteiger partial charge in [0.15, 0.2) is 6.54 Å². The van der Waals surface area contributed by atoms with Crippen LogP contribution < -0.4 is 10.2 Å². The first-order chi connectivity index (χ1) is 13.8. The van der Waals surface area contributed by atoms with E-state index in [1.54, 1.807) is 31.3 Å². The van der Waals surface area contributed by atoms with Crippen LogP contribution in [0.1, 0.15) is 25.3 Å². The van der Waals surface area contributed by atoms with Crippen molar-refractivity contribution in [2.45, 2.75) is 31.2 Å². The van der Waals surface area contributed by atoms with Crippen LogP contribution in [0.2, 0.25) is 0 Å². The van der Waals surface area contributed by atoms with Gasteiger partial charge in [-0.3, -0.25) is 4.79 Å². The molecule has 0 spiro atoms. The second-order valence-electron chi connectivity index (χ2n) is 7.93. The first kappa shape index (κ1) is 21.5. The van der Waals surface area contributed by atoms with Gasteiger partial charge in [0.25, 0.3) is 5.91 Å². The van der Waals surface area contributed by atoms with Gasteiger partial charge in [-0.1, -0.05) is 37.3 Å². The molecule has 0 aliphatic carbocycles. The first-order valence-corrected chi connectivity index (χ1v) is 11.5. The molecule has 1 fully saturated rings. The average Bonchev–Trinajstić information content (AvgIpc) is 2.71. The standard InChI is InChI=1S/C22H29N3O3S/c1-18-12-14-25(15-13-18)17-22(26)23-20-8-10-21(11-9-20)29(27,28)24(2)16-19-6-4-3-5-7-19/h3-11,18H,12-17H2,1-2H3,(H,23,26)/p+1. The summed E-state index contributed by atoms with van der Waals surface area (Å²) < 4.78 is 26.9. The molecular weight excluding hydrogens is 386 g/mol. The molecule has 0 unspecified atom stereocenters. The molecule has 0 saturated carbocycles. The number of anilines is 1. The van der Waals surface area contributed by atoms with E-state index in [9.17, 15) is 13.2 Å². The molecule has 2 N–H and O–H groups in total. The van der Waals surface area contributed by atoms with Crippen LogP contribution in [0.25, 0.3) is 0 Å². The van der Waals surface area contributed by atoms with E-state index >= 15 is 0 Å². The Hall–Kier alpha value is -2.22. The summed E-state index contributed by atoms with van der Waals surface area (Å²) in [6, 6.07) is 15.9. The van der Waals surface area contributed by atoms with Gasteiger partial charge in [-0.2, -0.15) is 4.31 Å². The van der Waals surface area contributed by atoms with Crippen molar-refractivity contribution in [2.75, 3.05) is 32.0 Å². The quantitative estimate of drug-likeness (QED) is 0.723. The first-order valence-electron chi connectivity index (χ1n) is 10.1. The Labute approximate surface area is 173 Å². The molecule has 3 rings (SSSR count). The fourth-order valence-electron chi connectivity index (χ4n) is 3.60. The van der Waals surface area contributed by atoms with E-state index in [1.165, 1.54) is 9.21 Å². The molecule has 2 aromatic carbocycles. The summed E-state index contributed by atoms with van der Waals surface area (Å²) in [5.41, 5.74) is 1.54. The number of carbonyl (C=O) groups is 1. The smallest absolute Gasteiger partial charge is 0.279 e. The Morgan fingerprint density at radius 3 is 2.31 bits per heavy atom. The third-order valence-electron chi connectivity index (χ3n) is 5.49. The lowest BCUT2D eigenvalue weighted by atomic mass is 9.99. The van der Waals surface area contributed by atoms with E-state index in [0.29, 0.717) is 18.8 Å². The minimum Gasteiger partial charge on any atom is -0.327 e. The Morgan fingerprint density at radius 1 is 1.07 bits per heavy atom. The number of nitrogens with zero attached hydrogens (tertiary/aromatic N) is 1. The van der Waals surface area contributed by atoms with Crippen LogP contribution in [-0.2, 0) is 21.4 Å². The summed E-state index contributed by atoms with van der Waals surface area (Å²) in [5.74, 6) is 0.711. The number of quaternary nitrogens is 1. The highest BCUT2D eigenvalue weighted by atomic mass is 32.2. The molecule has 0 radical (unpaired) electrons. The average molecular weight is 417 g/mol. The van der Waals surface area contributed by atoms with Gasteiger partial charge < -0.3 is 10.2 Å². The Kier molecular flexibility index (Phi) is 7.05. The van der Waals surface area contributed by atoms with Crippen molar-refractivity contribution in [3.05, 3.63) is 60.2 Å². The normalized spacial score (nSPS) is 19.8. The monoisotopic (exact) mass is 416 g/mol. The number of amides is 1. The van der Waals surface area contributed by atoms with Gasteiger partial charge >= 0.3 is 0 Å². The van der Waals surface area contributed by atoms with Crippen molar-refractivity contribution >= 4 is 21.6 Å². The van der Waals surface area contributed by atoms with Crippen LogP contribution in [0, 0.1) is 5.92 Å². The number of benzene rings is 2. The SMILES string of the molecule is CC1CC[NH+](CC(=O)Nc2ccc(S(=O)(=O)N(C)Cc3ccccc3)cc2)CC1. The fourth-order valence-corrected chi connectivity index (χ4v) is 4.75. The van der Waals surface area contributed by atoms with Crippen LogP contribution in [-0.4, -0.2) is 45.3 Å². The Balaban J connectivity index is 1.58. The second-order valence-corrected chi connectivity index (χ2v) is 9.97. The summed E-state index contributed by atoms with van der Waals surface area (Å²) in [6.45, 7) is 5.06. The lowest BCUT2D eigenvalue weighted by Gasteiger charge is -2.26. The second kappa shape index (κ2) is 9.52. The van der Waals surface area contributed by atoms with Crippen LogP contribution >= 0.6 is 0 Å². The summed E-state index contributed by atoms with van der Waals surface area (Å²) >= 11 is 0. The van der Waals surface area contributed by atoms with Crippen LogP contribution in [0.4, 0.5) is 5.69 Å². The number of hydrogen-bond acceptors (Lipinski definition) is 3. The predicted molar refractivity (Wildman–Crippen MR) is 114 cm³/mol. The third-order valence-corrected chi connectivity index (χ3v) is 7.30. The molecule has 7 heteroatoms. The predicted octanol–water partition coefficient (Wildman–Crippen LogP) is 1.76. The van der Waals surface area contributed by atoms with E-state index in [-0.39, 0.29) is 10.8 Å². The lowest BCUT2D eigenvalue weighted by Crippen LogP contribution is -3.14. The van der Waals surface area contributed by atoms with Crippen LogP contribution in [0.5, 0.6) is 0 Å². The van der Waals surface area contributed by atoms with Crippen LogP contribution in [0.3, 0.4) is 0 Å². The maximum Gasteiger partial charge on any atom is 0.279 e. The fraction of sp³-hybridized carbons (Fsp3) is 0.409. The molecular formula is C22H30N3O3S+. The van der Waals surface area contributed by atoms with Gasteiger partial charge in [-0.15, -0.1) is 0 Å². The summed E-state index contributed by atoms with van der Waals surface area (Å²) in [4.78, 5) is 13.8. The Bertz CT molecular complexity index is 906. The van der Waals surface area contributed by atoms with Crippen molar-refractivity contribution in [1.29, 1.82) is 0 Å². The van der Waals surface area contributed by atoms with Crippen molar-refractivity contribution in [3.63, 3.8) is 0 Å². The van der Waals surface area contributed by atoms with Gasteiger partial charge in [0, 0.05) is 19.3 Å². The highest BCUT2D eigenvalue weighted by Gasteiger charge is 2.22. The van der Waals surface area contributed by atoms with Gasteiger partial charge in [-0.25, -0.2) is 8.42 Å². The van der Waals surface area contributed by atoms with E-state index in [0.717, 1.165) is 37.4 Å². The maximum atomic E-state index is 12.8. The van der Waals surface area contributed by atoms with E-state index in [4.69, 9.17) is 0 Å². The molecule has 6 nitrogen and oxygen atoms in total. The van der Waals surface area contributed by atoms with Crippen molar-refractivity contribution in [2.24, 2.45) is 5.92 Å². The van der Waals surface area contributed by atoms with E-state index in [2.05, 4.69) is 12.2 Å². The van der Waals surface area contributed by atoms with Crippen LogP contribution in [0.15, 0.2) is 59.5 Å². The number of carbonyl (C=O) groups excluding carboxylic acids is 1. The summed E-state index contributed by atoms with van der Waals surface area (Å²) in [5, 5.41) is 2.88. The molecule has 0 atom stereocenters. The number of rotatable bonds is 7. The zero-order valence-corrected chi connectivity index (χ0v) is 17.9. The number of nitrogens with one attached hydrogen (secondary N) is 2. The minimum atomic E-state index is -3.59. The lowest BCUT2D eigenvalue weighted by molar-refractivity contribution is -0.897. The molecule has 1 heterocycles. The highest BCUT2D eigenvalue weighted by Crippen LogP contribution is 2.19. The molecule has 156 valence electrons. The third kappa shape index (κ3) is 5.88. The van der Waals surface area contributed by atoms with Gasteiger partial charge in [0.1, 0.15) is 0 Å². The minimum absolute atomic E-state index is 0.0358. The van der Waals surface area contributed by atoms with Crippen molar-refractivity contribution in [3.8, 4) is 0 Å². The van der Waals surface area contributed by atoms with Crippen molar-refractivity contribution in [1.82, 2.24) is 4.31 Å². The molecule has 0 bridgehead atoms. The molecule has 2 aromatic rings. The van der Waals surface area contributed by atoms with Gasteiger partial charge in [0.2, 0.25) is 10.0 Å². The summed E-state index contributed by atoms with van der Waals surface area (Å²) in [6.07, 6.45) is 2.32. The zero-order chi connectivity index (χ0) is 20.9. The molecule has 1 aliphatic heterocycles. The molecule has 1 aliphatic rings. The maximum absolute atomic E-state index is 12.8. The molecule has 1 amide bonds.